The number of anilines is 1. The number of likely N-dealkylation sites (tertiary alicyclic amines) is 1. The first-order valence-electron chi connectivity index (χ1n) is 11.0. The number of ether oxygens (including phenoxy) is 1. The van der Waals surface area contributed by atoms with E-state index >= 15 is 0 Å². The Bertz CT molecular complexity index is 756. The highest BCUT2D eigenvalue weighted by Gasteiger charge is 2.29. The van der Waals surface area contributed by atoms with Crippen molar-refractivity contribution in [2.45, 2.75) is 57.9 Å². The molecule has 2 amide bonds. The third-order valence-electron chi connectivity index (χ3n) is 6.50. The van der Waals surface area contributed by atoms with Crippen molar-refractivity contribution < 1.29 is 14.3 Å². The lowest BCUT2D eigenvalue weighted by Crippen LogP contribution is -2.46. The molecule has 0 spiro atoms. The molecule has 0 aromatic heterocycles. The van der Waals surface area contributed by atoms with Gasteiger partial charge in [0.2, 0.25) is 5.91 Å². The molecule has 1 aromatic rings. The third-order valence-corrected chi connectivity index (χ3v) is 6.81. The van der Waals surface area contributed by atoms with Crippen LogP contribution in [0.3, 0.4) is 0 Å². The minimum Gasteiger partial charge on any atom is -0.496 e. The van der Waals surface area contributed by atoms with Gasteiger partial charge in [-0.15, -0.1) is 0 Å². The van der Waals surface area contributed by atoms with E-state index in [0.717, 1.165) is 31.8 Å². The number of rotatable bonds is 6. The van der Waals surface area contributed by atoms with Gasteiger partial charge in [0.05, 0.1) is 23.4 Å². The number of hydrogen-bond acceptors (Lipinski definition) is 4. The van der Waals surface area contributed by atoms with E-state index in [2.05, 4.69) is 10.2 Å². The lowest BCUT2D eigenvalue weighted by atomic mass is 9.88. The predicted octanol–water partition coefficient (Wildman–Crippen LogP) is 4.42. The van der Waals surface area contributed by atoms with E-state index in [9.17, 15) is 9.59 Å². The van der Waals surface area contributed by atoms with Gasteiger partial charge in [-0.3, -0.25) is 9.59 Å². The van der Waals surface area contributed by atoms with Crippen molar-refractivity contribution in [3.63, 3.8) is 0 Å². The van der Waals surface area contributed by atoms with E-state index in [1.165, 1.54) is 52.7 Å². The summed E-state index contributed by atoms with van der Waals surface area (Å²) in [6, 6.07) is 3.40. The zero-order chi connectivity index (χ0) is 21.7. The number of hydrogen-bond donors (Lipinski definition) is 1. The molecule has 1 saturated carbocycles. The molecule has 0 atom stereocenters. The van der Waals surface area contributed by atoms with Crippen molar-refractivity contribution in [3.05, 3.63) is 22.7 Å². The normalized spacial score (nSPS) is 18.8. The first kappa shape index (κ1) is 22.9. The SMILES string of the molecule is COc1cc(NC(C)=O)c(Cl)cc1C(=O)N(C)C1CCN(CC2CCCCC2)CC1. The Morgan fingerprint density at radius 1 is 1.17 bits per heavy atom. The molecule has 1 N–H and O–H groups in total. The average molecular weight is 436 g/mol. The maximum Gasteiger partial charge on any atom is 0.257 e. The van der Waals surface area contributed by atoms with Crippen molar-refractivity contribution >= 4 is 29.1 Å². The van der Waals surface area contributed by atoms with E-state index in [0.29, 0.717) is 22.0 Å². The van der Waals surface area contributed by atoms with Gasteiger partial charge in [0.1, 0.15) is 5.75 Å². The summed E-state index contributed by atoms with van der Waals surface area (Å²) in [7, 11) is 3.38. The van der Waals surface area contributed by atoms with Gasteiger partial charge >= 0.3 is 0 Å². The fraction of sp³-hybridized carbons (Fsp3) is 0.652. The number of methoxy groups -OCH3 is 1. The molecule has 0 unspecified atom stereocenters. The molecule has 2 fully saturated rings. The standard InChI is InChI=1S/C23H34ClN3O3/c1-16(28)25-21-14-22(30-3)19(13-20(21)24)23(29)26(2)18-9-11-27(12-10-18)15-17-7-5-4-6-8-17/h13-14,17-18H,4-12,15H2,1-3H3,(H,25,28). The smallest absolute Gasteiger partial charge is 0.257 e. The van der Waals surface area contributed by atoms with Gasteiger partial charge in [0.15, 0.2) is 0 Å². The Labute approximate surface area is 184 Å². The van der Waals surface area contributed by atoms with Crippen LogP contribution in [0.1, 0.15) is 62.2 Å². The van der Waals surface area contributed by atoms with E-state index in [-0.39, 0.29) is 17.9 Å². The fourth-order valence-electron chi connectivity index (χ4n) is 4.75. The van der Waals surface area contributed by atoms with Crippen LogP contribution in [0.5, 0.6) is 5.75 Å². The number of carbonyl (C=O) groups excluding carboxylic acids is 2. The Hall–Kier alpha value is -1.79. The van der Waals surface area contributed by atoms with Crippen molar-refractivity contribution in [2.75, 3.05) is 39.1 Å². The molecule has 0 bridgehead atoms. The molecule has 3 rings (SSSR count). The van der Waals surface area contributed by atoms with E-state index in [4.69, 9.17) is 16.3 Å². The van der Waals surface area contributed by atoms with Crippen LogP contribution in [-0.4, -0.2) is 61.4 Å². The molecule has 0 radical (unpaired) electrons. The van der Waals surface area contributed by atoms with Gasteiger partial charge in [0, 0.05) is 45.7 Å². The lowest BCUT2D eigenvalue weighted by molar-refractivity contribution is -0.114. The molecule has 1 saturated heterocycles. The largest absolute Gasteiger partial charge is 0.496 e. The molecule has 166 valence electrons. The maximum atomic E-state index is 13.2. The number of benzene rings is 1. The Kier molecular flexibility index (Phi) is 8.00. The van der Waals surface area contributed by atoms with Crippen LogP contribution in [0, 0.1) is 5.92 Å². The van der Waals surface area contributed by atoms with E-state index < -0.39 is 0 Å². The monoisotopic (exact) mass is 435 g/mol. The number of amides is 2. The van der Waals surface area contributed by atoms with Crippen molar-refractivity contribution in [1.29, 1.82) is 0 Å². The van der Waals surface area contributed by atoms with Crippen LogP contribution in [0.2, 0.25) is 5.02 Å². The average Bonchev–Trinajstić information content (AvgIpc) is 2.75. The van der Waals surface area contributed by atoms with Crippen LogP contribution in [-0.2, 0) is 4.79 Å². The number of carbonyl (C=O) groups is 2. The van der Waals surface area contributed by atoms with E-state index in [1.807, 2.05) is 11.9 Å². The van der Waals surface area contributed by atoms with Crippen LogP contribution >= 0.6 is 11.6 Å². The lowest BCUT2D eigenvalue weighted by Gasteiger charge is -2.38. The van der Waals surface area contributed by atoms with Gasteiger partial charge in [-0.2, -0.15) is 0 Å². The fourth-order valence-corrected chi connectivity index (χ4v) is 4.97. The topological polar surface area (TPSA) is 61.9 Å². The Balaban J connectivity index is 1.61. The molecule has 1 heterocycles. The zero-order valence-electron chi connectivity index (χ0n) is 18.4. The Morgan fingerprint density at radius 2 is 1.83 bits per heavy atom. The van der Waals surface area contributed by atoms with Gasteiger partial charge in [-0.1, -0.05) is 30.9 Å². The molecule has 2 aliphatic rings. The molecule has 30 heavy (non-hydrogen) atoms. The number of nitrogens with one attached hydrogen (secondary N) is 1. The number of halogens is 1. The highest BCUT2D eigenvalue weighted by molar-refractivity contribution is 6.34. The zero-order valence-corrected chi connectivity index (χ0v) is 19.1. The van der Waals surface area contributed by atoms with Crippen molar-refractivity contribution in [3.8, 4) is 5.75 Å². The molecule has 7 heteroatoms. The highest BCUT2D eigenvalue weighted by Crippen LogP contribution is 2.33. The van der Waals surface area contributed by atoms with Gasteiger partial charge in [-0.25, -0.2) is 0 Å². The predicted molar refractivity (Wildman–Crippen MR) is 120 cm³/mol. The third kappa shape index (κ3) is 5.67. The molecule has 1 aliphatic heterocycles. The summed E-state index contributed by atoms with van der Waals surface area (Å²) in [6.07, 6.45) is 8.85. The van der Waals surface area contributed by atoms with Gasteiger partial charge in [-0.05, 0) is 37.7 Å². The molecule has 6 nitrogen and oxygen atoms in total. The summed E-state index contributed by atoms with van der Waals surface area (Å²) in [5.41, 5.74) is 0.861. The first-order chi connectivity index (χ1) is 14.4. The molecule has 1 aliphatic carbocycles. The first-order valence-corrected chi connectivity index (χ1v) is 11.4. The number of nitrogens with zero attached hydrogens (tertiary/aromatic N) is 2. The van der Waals surface area contributed by atoms with Crippen LogP contribution < -0.4 is 10.1 Å². The van der Waals surface area contributed by atoms with Gasteiger partial charge in [0.25, 0.3) is 5.91 Å². The van der Waals surface area contributed by atoms with Gasteiger partial charge < -0.3 is 19.9 Å². The van der Waals surface area contributed by atoms with Crippen LogP contribution in [0.15, 0.2) is 12.1 Å². The van der Waals surface area contributed by atoms with Crippen LogP contribution in [0.25, 0.3) is 0 Å². The summed E-state index contributed by atoms with van der Waals surface area (Å²) < 4.78 is 5.42. The second kappa shape index (κ2) is 10.5. The molecular formula is C23H34ClN3O3. The second-order valence-corrected chi connectivity index (χ2v) is 9.07. The Morgan fingerprint density at radius 3 is 2.43 bits per heavy atom. The van der Waals surface area contributed by atoms with Crippen molar-refractivity contribution in [1.82, 2.24) is 9.80 Å². The molecule has 1 aromatic carbocycles. The summed E-state index contributed by atoms with van der Waals surface area (Å²) in [5.74, 6) is 0.932. The minimum absolute atomic E-state index is 0.103. The second-order valence-electron chi connectivity index (χ2n) is 8.67. The van der Waals surface area contributed by atoms with Crippen molar-refractivity contribution in [2.24, 2.45) is 5.92 Å². The summed E-state index contributed by atoms with van der Waals surface area (Å²) in [6.45, 7) is 4.70. The maximum absolute atomic E-state index is 13.2. The molecular weight excluding hydrogens is 402 g/mol. The summed E-state index contributed by atoms with van der Waals surface area (Å²) >= 11 is 6.30. The quantitative estimate of drug-likeness (QED) is 0.718. The summed E-state index contributed by atoms with van der Waals surface area (Å²) in [4.78, 5) is 29.0. The minimum atomic E-state index is -0.227. The highest BCUT2D eigenvalue weighted by atomic mass is 35.5. The van der Waals surface area contributed by atoms with E-state index in [1.54, 1.807) is 12.1 Å². The van der Waals surface area contributed by atoms with Crippen LogP contribution in [0.4, 0.5) is 5.69 Å². The number of piperidine rings is 1. The summed E-state index contributed by atoms with van der Waals surface area (Å²) in [5, 5.41) is 2.99.